The fourth-order valence-corrected chi connectivity index (χ4v) is 4.59. The van der Waals surface area contributed by atoms with Crippen molar-refractivity contribution in [1.82, 2.24) is 19.9 Å². The van der Waals surface area contributed by atoms with Crippen molar-refractivity contribution in [2.45, 2.75) is 31.3 Å². The van der Waals surface area contributed by atoms with E-state index in [-0.39, 0.29) is 17.6 Å². The fraction of sp³-hybridized carbons (Fsp3) is 0.286. The third kappa shape index (κ3) is 7.93. The molecule has 3 N–H and O–H groups in total. The lowest BCUT2D eigenvalue weighted by Gasteiger charge is -2.32. The van der Waals surface area contributed by atoms with Gasteiger partial charge in [0.25, 0.3) is 5.91 Å². The number of hydrogen-bond donors (Lipinski definition) is 3. The molecule has 9 nitrogen and oxygen atoms in total. The Labute approximate surface area is 240 Å². The molecule has 43 heavy (non-hydrogen) atoms. The summed E-state index contributed by atoms with van der Waals surface area (Å²) in [5.74, 6) is -2.36. The molecule has 228 valence electrons. The van der Waals surface area contributed by atoms with Crippen molar-refractivity contribution in [2.75, 3.05) is 25.5 Å². The van der Waals surface area contributed by atoms with Crippen LogP contribution < -0.4 is 10.1 Å². The number of carboxylic acids is 1. The van der Waals surface area contributed by atoms with Crippen molar-refractivity contribution in [3.8, 4) is 17.1 Å². The number of aromatic nitrogens is 3. The Morgan fingerprint density at radius 2 is 1.67 bits per heavy atom. The minimum atomic E-state index is -5.08. The minimum absolute atomic E-state index is 0.210. The molecule has 1 saturated heterocycles. The van der Waals surface area contributed by atoms with Crippen LogP contribution in [-0.4, -0.2) is 69.5 Å². The lowest BCUT2D eigenvalue weighted by molar-refractivity contribution is -0.274. The number of fused-ring (bicyclic) bond motifs is 1. The van der Waals surface area contributed by atoms with Gasteiger partial charge in [-0.05, 0) is 66.8 Å². The standard InChI is InChI=1S/C26H24F3N5O2.C2HF3O2/c1-30-19-4-2-3-18(15-19)23-32-22-21(9-12-31-24(22)33-23)16-10-13-34(14-11-16)25(35)17-5-7-20(8-6-17)36-26(27,28)29;3-2(4,5)1(6)7/h2-9,12,15-16,30H,10-11,13-14H2,1H3,(H,31,32,33);(H,6,7). The van der Waals surface area contributed by atoms with Crippen LogP contribution in [0, 0.1) is 0 Å². The molecule has 2 aromatic heterocycles. The number of aromatic amines is 1. The lowest BCUT2D eigenvalue weighted by atomic mass is 9.89. The summed E-state index contributed by atoms with van der Waals surface area (Å²) in [6.45, 7) is 1.07. The third-order valence-corrected chi connectivity index (χ3v) is 6.64. The van der Waals surface area contributed by atoms with Crippen molar-refractivity contribution in [2.24, 2.45) is 0 Å². The number of aliphatic carboxylic acids is 1. The third-order valence-electron chi connectivity index (χ3n) is 6.64. The molecule has 15 heteroatoms. The number of nitrogens with zero attached hydrogens (tertiary/aromatic N) is 3. The van der Waals surface area contributed by atoms with Crippen LogP contribution in [0.25, 0.3) is 22.6 Å². The van der Waals surface area contributed by atoms with Gasteiger partial charge in [0.15, 0.2) is 5.65 Å². The van der Waals surface area contributed by atoms with E-state index in [1.165, 1.54) is 12.1 Å². The van der Waals surface area contributed by atoms with Crippen LogP contribution in [0.15, 0.2) is 60.8 Å². The molecular weight excluding hydrogens is 584 g/mol. The van der Waals surface area contributed by atoms with E-state index >= 15 is 0 Å². The van der Waals surface area contributed by atoms with E-state index in [1.54, 1.807) is 11.1 Å². The number of imidazole rings is 1. The topological polar surface area (TPSA) is 120 Å². The predicted molar refractivity (Wildman–Crippen MR) is 144 cm³/mol. The molecule has 4 aromatic rings. The van der Waals surface area contributed by atoms with Gasteiger partial charge in [0.1, 0.15) is 17.1 Å². The van der Waals surface area contributed by atoms with Gasteiger partial charge in [-0.15, -0.1) is 13.2 Å². The van der Waals surface area contributed by atoms with E-state index in [4.69, 9.17) is 14.9 Å². The number of rotatable bonds is 5. The number of likely N-dealkylation sites (tertiary alicyclic amines) is 1. The molecule has 0 aliphatic carbocycles. The zero-order chi connectivity index (χ0) is 31.4. The van der Waals surface area contributed by atoms with Gasteiger partial charge in [-0.25, -0.2) is 14.8 Å². The first kappa shape index (κ1) is 31.1. The molecule has 0 saturated carbocycles. The van der Waals surface area contributed by atoms with Crippen molar-refractivity contribution in [3.05, 3.63) is 71.9 Å². The van der Waals surface area contributed by atoms with Crippen LogP contribution in [0.3, 0.4) is 0 Å². The van der Waals surface area contributed by atoms with Gasteiger partial charge < -0.3 is 25.0 Å². The van der Waals surface area contributed by atoms with Crippen LogP contribution in [0.2, 0.25) is 0 Å². The summed E-state index contributed by atoms with van der Waals surface area (Å²) in [5.41, 5.74) is 4.91. The number of benzene rings is 2. The second-order valence-corrected chi connectivity index (χ2v) is 9.46. The fourth-order valence-electron chi connectivity index (χ4n) is 4.59. The Kier molecular flexibility index (Phi) is 9.11. The number of alkyl halides is 6. The average Bonchev–Trinajstić information content (AvgIpc) is 3.41. The molecule has 0 radical (unpaired) electrons. The number of anilines is 1. The van der Waals surface area contributed by atoms with Crippen LogP contribution in [0.5, 0.6) is 5.75 Å². The van der Waals surface area contributed by atoms with Gasteiger partial charge in [-0.1, -0.05) is 12.1 Å². The predicted octanol–water partition coefficient (Wildman–Crippen LogP) is 6.22. The molecule has 1 fully saturated rings. The van der Waals surface area contributed by atoms with Crippen molar-refractivity contribution < 1.29 is 45.8 Å². The average molecular weight is 610 g/mol. The molecule has 0 spiro atoms. The molecule has 2 aromatic carbocycles. The molecule has 1 aliphatic heterocycles. The van der Waals surface area contributed by atoms with E-state index in [1.807, 2.05) is 37.4 Å². The van der Waals surface area contributed by atoms with Gasteiger partial charge in [-0.2, -0.15) is 13.2 Å². The maximum Gasteiger partial charge on any atom is 0.573 e. The number of H-pyrrole nitrogens is 1. The highest BCUT2D eigenvalue weighted by Crippen LogP contribution is 2.34. The highest BCUT2D eigenvalue weighted by molar-refractivity contribution is 5.94. The SMILES string of the molecule is CNc1cccc(-c2nc3c(C4CCN(C(=O)c5ccc(OC(F)(F)F)cc5)CC4)ccnc3[nH]2)c1.O=C(O)C(F)(F)F. The summed E-state index contributed by atoms with van der Waals surface area (Å²) in [7, 11) is 1.87. The molecule has 0 unspecified atom stereocenters. The van der Waals surface area contributed by atoms with Gasteiger partial charge in [-0.3, -0.25) is 4.79 Å². The Morgan fingerprint density at radius 1 is 1.02 bits per heavy atom. The van der Waals surface area contributed by atoms with E-state index in [0.717, 1.165) is 58.8 Å². The number of amides is 1. The van der Waals surface area contributed by atoms with Crippen LogP contribution >= 0.6 is 0 Å². The second kappa shape index (κ2) is 12.6. The lowest BCUT2D eigenvalue weighted by Crippen LogP contribution is -2.38. The number of ether oxygens (including phenoxy) is 1. The number of nitrogens with one attached hydrogen (secondary N) is 2. The van der Waals surface area contributed by atoms with E-state index < -0.39 is 18.5 Å². The molecule has 5 rings (SSSR count). The number of hydrogen-bond acceptors (Lipinski definition) is 6. The highest BCUT2D eigenvalue weighted by atomic mass is 19.4. The quantitative estimate of drug-likeness (QED) is 0.230. The number of halogens is 6. The first-order valence-electron chi connectivity index (χ1n) is 12.8. The summed E-state index contributed by atoms with van der Waals surface area (Å²) in [4.78, 5) is 36.1. The first-order valence-corrected chi connectivity index (χ1v) is 12.8. The van der Waals surface area contributed by atoms with E-state index in [2.05, 4.69) is 20.0 Å². The Balaban J connectivity index is 0.000000541. The minimum Gasteiger partial charge on any atom is -0.475 e. The number of piperidine rings is 1. The van der Waals surface area contributed by atoms with Crippen LogP contribution in [-0.2, 0) is 4.79 Å². The molecule has 1 amide bonds. The van der Waals surface area contributed by atoms with Crippen molar-refractivity contribution in [3.63, 3.8) is 0 Å². The maximum atomic E-state index is 12.9. The summed E-state index contributed by atoms with van der Waals surface area (Å²) in [6, 6.07) is 15.0. The molecular formula is C28H25F6N5O4. The number of carbonyl (C=O) groups is 2. The summed E-state index contributed by atoms with van der Waals surface area (Å²) >= 11 is 0. The number of carbonyl (C=O) groups excluding carboxylic acids is 1. The van der Waals surface area contributed by atoms with Crippen molar-refractivity contribution in [1.29, 1.82) is 0 Å². The highest BCUT2D eigenvalue weighted by Gasteiger charge is 2.38. The van der Waals surface area contributed by atoms with Gasteiger partial charge in [0, 0.05) is 43.1 Å². The van der Waals surface area contributed by atoms with Gasteiger partial charge in [0.05, 0.1) is 0 Å². The Hall–Kier alpha value is -4.82. The van der Waals surface area contributed by atoms with Gasteiger partial charge >= 0.3 is 18.5 Å². The molecule has 0 atom stereocenters. The number of pyridine rings is 1. The molecule has 1 aliphatic rings. The Morgan fingerprint density at radius 3 is 2.26 bits per heavy atom. The number of carboxylic acid groups (broad SMARTS) is 1. The second-order valence-electron chi connectivity index (χ2n) is 9.46. The zero-order valence-corrected chi connectivity index (χ0v) is 22.5. The first-order chi connectivity index (χ1) is 20.2. The smallest absolute Gasteiger partial charge is 0.475 e. The molecule has 3 heterocycles. The molecule has 0 bridgehead atoms. The Bertz CT molecular complexity index is 1580. The monoisotopic (exact) mass is 609 g/mol. The van der Waals surface area contributed by atoms with Gasteiger partial charge in [0.2, 0.25) is 0 Å². The summed E-state index contributed by atoms with van der Waals surface area (Å²) < 4.78 is 72.7. The van der Waals surface area contributed by atoms with E-state index in [0.29, 0.717) is 18.7 Å². The summed E-state index contributed by atoms with van der Waals surface area (Å²) in [6.07, 6.45) is -6.58. The van der Waals surface area contributed by atoms with Crippen LogP contribution in [0.4, 0.5) is 32.0 Å². The zero-order valence-electron chi connectivity index (χ0n) is 22.5. The van der Waals surface area contributed by atoms with Crippen molar-refractivity contribution >= 4 is 28.7 Å². The van der Waals surface area contributed by atoms with E-state index in [9.17, 15) is 31.1 Å². The summed E-state index contributed by atoms with van der Waals surface area (Å²) in [5, 5.41) is 10.3. The normalized spacial score (nSPS) is 14.2. The van der Waals surface area contributed by atoms with Crippen LogP contribution in [0.1, 0.15) is 34.7 Å². The largest absolute Gasteiger partial charge is 0.573 e. The maximum absolute atomic E-state index is 12.9.